The van der Waals surface area contributed by atoms with E-state index in [0.717, 1.165) is 4.68 Å². The highest BCUT2D eigenvalue weighted by Gasteiger charge is 2.15. The highest BCUT2D eigenvalue weighted by molar-refractivity contribution is 6.04. The van der Waals surface area contributed by atoms with E-state index in [-0.39, 0.29) is 11.3 Å². The number of hydrogen-bond acceptors (Lipinski definition) is 6. The van der Waals surface area contributed by atoms with E-state index in [1.807, 2.05) is 0 Å². The van der Waals surface area contributed by atoms with Crippen LogP contribution < -0.4 is 20.5 Å². The molecule has 148 valence electrons. The summed E-state index contributed by atoms with van der Waals surface area (Å²) in [7, 11) is 3.03. The van der Waals surface area contributed by atoms with Crippen LogP contribution >= 0.6 is 0 Å². The fourth-order valence-corrected chi connectivity index (χ4v) is 2.72. The van der Waals surface area contributed by atoms with Crippen LogP contribution in [-0.4, -0.2) is 35.6 Å². The molecule has 0 spiro atoms. The Morgan fingerprint density at radius 3 is 2.72 bits per heavy atom. The maximum Gasteiger partial charge on any atom is 0.292 e. The van der Waals surface area contributed by atoms with E-state index < -0.39 is 5.91 Å². The van der Waals surface area contributed by atoms with Crippen LogP contribution in [-0.2, 0) is 7.05 Å². The normalized spacial score (nSPS) is 10.8. The second-order valence-electron chi connectivity index (χ2n) is 6.03. The van der Waals surface area contributed by atoms with Gasteiger partial charge >= 0.3 is 0 Å². The first-order valence-electron chi connectivity index (χ1n) is 8.76. The maximum atomic E-state index is 12.6. The Bertz CT molecular complexity index is 1150. The summed E-state index contributed by atoms with van der Waals surface area (Å²) in [5.74, 6) is 0.591. The second-order valence-corrected chi connectivity index (χ2v) is 6.03. The van der Waals surface area contributed by atoms with Gasteiger partial charge in [0.15, 0.2) is 17.2 Å². The summed E-state index contributed by atoms with van der Waals surface area (Å²) < 4.78 is 11.9. The average molecular weight is 392 g/mol. The number of aromatic nitrogens is 2. The molecule has 0 radical (unpaired) electrons. The number of ether oxygens (including phenoxy) is 2. The topological polar surface area (TPSA) is 94.8 Å². The quantitative estimate of drug-likeness (QED) is 0.378. The van der Waals surface area contributed by atoms with Gasteiger partial charge in [-0.15, -0.1) is 0 Å². The van der Waals surface area contributed by atoms with Gasteiger partial charge in [-0.2, -0.15) is 10.2 Å². The minimum atomic E-state index is -0.522. The lowest BCUT2D eigenvalue weighted by Gasteiger charge is -2.09. The SMILES string of the molecule is C=CCOc1ccc(C=NNC(=O)c2nn(C)c(=O)c3ccccc23)cc1OC. The number of nitrogens with one attached hydrogen (secondary N) is 1. The van der Waals surface area contributed by atoms with E-state index in [9.17, 15) is 9.59 Å². The molecule has 0 fully saturated rings. The molecular weight excluding hydrogens is 372 g/mol. The van der Waals surface area contributed by atoms with Crippen molar-refractivity contribution in [1.82, 2.24) is 15.2 Å². The van der Waals surface area contributed by atoms with Gasteiger partial charge in [0, 0.05) is 12.4 Å². The molecule has 3 aromatic rings. The molecule has 3 rings (SSSR count). The van der Waals surface area contributed by atoms with Crippen LogP contribution in [0.4, 0.5) is 0 Å². The first-order chi connectivity index (χ1) is 14.0. The number of hydrogen-bond donors (Lipinski definition) is 1. The molecular formula is C21H20N4O4. The maximum absolute atomic E-state index is 12.6. The summed E-state index contributed by atoms with van der Waals surface area (Å²) in [4.78, 5) is 24.7. The van der Waals surface area contributed by atoms with Gasteiger partial charge in [0.05, 0.1) is 18.7 Å². The molecule has 29 heavy (non-hydrogen) atoms. The van der Waals surface area contributed by atoms with Crippen LogP contribution in [0.3, 0.4) is 0 Å². The molecule has 0 saturated heterocycles. The van der Waals surface area contributed by atoms with E-state index in [0.29, 0.717) is 34.4 Å². The summed E-state index contributed by atoms with van der Waals surface area (Å²) in [5.41, 5.74) is 2.98. The van der Waals surface area contributed by atoms with Crippen LogP contribution in [0, 0.1) is 0 Å². The molecule has 0 aliphatic carbocycles. The smallest absolute Gasteiger partial charge is 0.292 e. The first kappa shape index (κ1) is 19.8. The summed E-state index contributed by atoms with van der Waals surface area (Å²) in [6.07, 6.45) is 3.11. The Labute approximate surface area is 167 Å². The van der Waals surface area contributed by atoms with Crippen LogP contribution in [0.5, 0.6) is 11.5 Å². The van der Waals surface area contributed by atoms with Gasteiger partial charge in [-0.05, 0) is 29.8 Å². The molecule has 0 aliphatic rings. The van der Waals surface area contributed by atoms with Crippen LogP contribution in [0.25, 0.3) is 10.8 Å². The van der Waals surface area contributed by atoms with E-state index in [1.54, 1.807) is 48.5 Å². The molecule has 2 aromatic carbocycles. The summed E-state index contributed by atoms with van der Waals surface area (Å²) >= 11 is 0. The molecule has 0 atom stereocenters. The Morgan fingerprint density at radius 2 is 2.00 bits per heavy atom. The Hall–Kier alpha value is -3.94. The van der Waals surface area contributed by atoms with Crippen molar-refractivity contribution in [2.45, 2.75) is 0 Å². The number of benzene rings is 2. The minimum absolute atomic E-state index is 0.116. The molecule has 0 unspecified atom stereocenters. The summed E-state index contributed by atoms with van der Waals surface area (Å²) in [6, 6.07) is 12.1. The lowest BCUT2D eigenvalue weighted by Crippen LogP contribution is -2.27. The number of rotatable bonds is 7. The molecule has 8 heteroatoms. The zero-order valence-corrected chi connectivity index (χ0v) is 16.1. The third kappa shape index (κ3) is 4.32. The molecule has 8 nitrogen and oxygen atoms in total. The lowest BCUT2D eigenvalue weighted by atomic mass is 10.1. The average Bonchev–Trinajstić information content (AvgIpc) is 2.75. The molecule has 0 bridgehead atoms. The Morgan fingerprint density at radius 1 is 1.24 bits per heavy atom. The van der Waals surface area contributed by atoms with Gasteiger partial charge in [-0.3, -0.25) is 9.59 Å². The molecule has 1 N–H and O–H groups in total. The molecule has 0 saturated carbocycles. The van der Waals surface area contributed by atoms with E-state index in [1.165, 1.54) is 20.4 Å². The Kier molecular flexibility index (Phi) is 6.03. The zero-order chi connectivity index (χ0) is 20.8. The fraction of sp³-hybridized carbons (Fsp3) is 0.143. The van der Waals surface area contributed by atoms with Crippen molar-refractivity contribution in [3.05, 3.63) is 76.7 Å². The predicted octanol–water partition coefficient (Wildman–Crippen LogP) is 2.27. The number of fused-ring (bicyclic) bond motifs is 1. The second kappa shape index (κ2) is 8.83. The highest BCUT2D eigenvalue weighted by Crippen LogP contribution is 2.27. The third-order valence-corrected chi connectivity index (χ3v) is 4.10. The fourth-order valence-electron chi connectivity index (χ4n) is 2.72. The summed E-state index contributed by atoms with van der Waals surface area (Å²) in [5, 5.41) is 8.93. The van der Waals surface area contributed by atoms with Crippen LogP contribution in [0.15, 0.2) is 65.0 Å². The third-order valence-electron chi connectivity index (χ3n) is 4.10. The van der Waals surface area contributed by atoms with Gasteiger partial charge in [-0.25, -0.2) is 10.1 Å². The standard InChI is InChI=1S/C21H20N4O4/c1-4-11-29-17-10-9-14(12-18(17)28-3)13-22-23-20(26)19-15-7-5-6-8-16(15)21(27)25(2)24-19/h4-10,12-13H,1,11H2,2-3H3,(H,23,26). The van der Waals surface area contributed by atoms with E-state index in [4.69, 9.17) is 9.47 Å². The number of hydrazone groups is 1. The molecule has 1 heterocycles. The number of methoxy groups -OCH3 is 1. The summed E-state index contributed by atoms with van der Waals surface area (Å²) in [6.45, 7) is 3.97. The largest absolute Gasteiger partial charge is 0.493 e. The van der Waals surface area contributed by atoms with Gasteiger partial charge in [-0.1, -0.05) is 30.9 Å². The van der Waals surface area contributed by atoms with Gasteiger partial charge in [0.1, 0.15) is 6.61 Å². The zero-order valence-electron chi connectivity index (χ0n) is 16.1. The van der Waals surface area contributed by atoms with Crippen molar-refractivity contribution >= 4 is 22.9 Å². The first-order valence-corrected chi connectivity index (χ1v) is 8.76. The van der Waals surface area contributed by atoms with Crippen molar-refractivity contribution in [1.29, 1.82) is 0 Å². The molecule has 1 aromatic heterocycles. The van der Waals surface area contributed by atoms with Crippen LogP contribution in [0.1, 0.15) is 16.1 Å². The number of carbonyl (C=O) groups excluding carboxylic acids is 1. The lowest BCUT2D eigenvalue weighted by molar-refractivity contribution is 0.0950. The van der Waals surface area contributed by atoms with Crippen molar-refractivity contribution in [2.24, 2.45) is 12.1 Å². The van der Waals surface area contributed by atoms with Gasteiger partial charge in [0.25, 0.3) is 11.5 Å². The molecule has 1 amide bonds. The van der Waals surface area contributed by atoms with E-state index >= 15 is 0 Å². The van der Waals surface area contributed by atoms with Crippen molar-refractivity contribution < 1.29 is 14.3 Å². The number of amides is 1. The van der Waals surface area contributed by atoms with Crippen molar-refractivity contribution in [3.8, 4) is 11.5 Å². The number of nitrogens with zero attached hydrogens (tertiary/aromatic N) is 3. The van der Waals surface area contributed by atoms with Crippen molar-refractivity contribution in [2.75, 3.05) is 13.7 Å². The monoisotopic (exact) mass is 392 g/mol. The molecule has 0 aliphatic heterocycles. The Balaban J connectivity index is 1.80. The number of carbonyl (C=O) groups is 1. The van der Waals surface area contributed by atoms with Crippen molar-refractivity contribution in [3.63, 3.8) is 0 Å². The van der Waals surface area contributed by atoms with Gasteiger partial charge < -0.3 is 9.47 Å². The van der Waals surface area contributed by atoms with E-state index in [2.05, 4.69) is 22.2 Å². The highest BCUT2D eigenvalue weighted by atomic mass is 16.5. The predicted molar refractivity (Wildman–Crippen MR) is 111 cm³/mol. The minimum Gasteiger partial charge on any atom is -0.493 e. The number of aryl methyl sites for hydroxylation is 1. The van der Waals surface area contributed by atoms with Gasteiger partial charge in [0.2, 0.25) is 0 Å². The van der Waals surface area contributed by atoms with Crippen LogP contribution in [0.2, 0.25) is 0 Å².